The monoisotopic (exact) mass is 292 g/mol. The van der Waals surface area contributed by atoms with E-state index < -0.39 is 20.0 Å². The first-order chi connectivity index (χ1) is 8.78. The van der Waals surface area contributed by atoms with Gasteiger partial charge in [-0.25, -0.2) is 14.3 Å². The van der Waals surface area contributed by atoms with Crippen LogP contribution in [0.15, 0.2) is 6.20 Å². The van der Waals surface area contributed by atoms with Crippen LogP contribution in [0.5, 0.6) is 0 Å². The standard InChI is InChI=1S/C10H17N2O6P/c1-4-8-6-12(7(3)18-19(14,15)16)9(11-8)10(13)17-5-2/h6-7H,4-5H2,1-3H3,(H2,14,15,16). The van der Waals surface area contributed by atoms with Gasteiger partial charge in [0.1, 0.15) is 6.23 Å². The third-order valence-corrected chi connectivity index (χ3v) is 2.86. The van der Waals surface area contributed by atoms with E-state index in [1.807, 2.05) is 6.92 Å². The summed E-state index contributed by atoms with van der Waals surface area (Å²) in [5.74, 6) is -0.706. The van der Waals surface area contributed by atoms with Crippen molar-refractivity contribution in [2.24, 2.45) is 0 Å². The van der Waals surface area contributed by atoms with Crippen molar-refractivity contribution in [1.29, 1.82) is 0 Å². The van der Waals surface area contributed by atoms with Gasteiger partial charge >= 0.3 is 13.8 Å². The number of imidazole rings is 1. The van der Waals surface area contributed by atoms with Crippen LogP contribution in [0.1, 0.15) is 43.3 Å². The number of esters is 1. The third-order valence-electron chi connectivity index (χ3n) is 2.28. The number of hydrogen-bond acceptors (Lipinski definition) is 5. The Balaban J connectivity index is 3.07. The molecular weight excluding hydrogens is 275 g/mol. The van der Waals surface area contributed by atoms with Crippen molar-refractivity contribution in [3.63, 3.8) is 0 Å². The minimum Gasteiger partial charge on any atom is -0.460 e. The second-order valence-electron chi connectivity index (χ2n) is 3.73. The molecule has 1 unspecified atom stereocenters. The van der Waals surface area contributed by atoms with Gasteiger partial charge < -0.3 is 14.5 Å². The van der Waals surface area contributed by atoms with Crippen LogP contribution in [0.3, 0.4) is 0 Å². The molecule has 9 heteroatoms. The van der Waals surface area contributed by atoms with Gasteiger partial charge in [-0.3, -0.25) is 9.09 Å². The van der Waals surface area contributed by atoms with E-state index in [9.17, 15) is 9.36 Å². The van der Waals surface area contributed by atoms with Gasteiger partial charge in [-0.05, 0) is 20.3 Å². The van der Waals surface area contributed by atoms with Crippen molar-refractivity contribution >= 4 is 13.8 Å². The van der Waals surface area contributed by atoms with E-state index in [-0.39, 0.29) is 12.4 Å². The lowest BCUT2D eigenvalue weighted by Gasteiger charge is -2.16. The molecule has 0 radical (unpaired) electrons. The zero-order chi connectivity index (χ0) is 14.6. The predicted molar refractivity (Wildman–Crippen MR) is 65.4 cm³/mol. The molecule has 0 bridgehead atoms. The van der Waals surface area contributed by atoms with Crippen LogP contribution < -0.4 is 0 Å². The van der Waals surface area contributed by atoms with Crippen molar-refractivity contribution in [1.82, 2.24) is 9.55 Å². The summed E-state index contributed by atoms with van der Waals surface area (Å²) in [6.07, 6.45) is 1.04. The van der Waals surface area contributed by atoms with E-state index in [0.717, 1.165) is 0 Å². The summed E-state index contributed by atoms with van der Waals surface area (Å²) < 4.78 is 21.4. The fourth-order valence-corrected chi connectivity index (χ4v) is 1.99. The SMILES string of the molecule is CCOC(=O)c1nc(CC)cn1C(C)OP(=O)(O)O. The maximum Gasteiger partial charge on any atom is 0.471 e. The molecule has 2 N–H and O–H groups in total. The Bertz CT molecular complexity index is 494. The molecule has 8 nitrogen and oxygen atoms in total. The molecule has 1 aromatic heterocycles. The summed E-state index contributed by atoms with van der Waals surface area (Å²) in [6.45, 7) is 5.08. The summed E-state index contributed by atoms with van der Waals surface area (Å²) in [7, 11) is -4.65. The highest BCUT2D eigenvalue weighted by Crippen LogP contribution is 2.40. The van der Waals surface area contributed by atoms with Crippen molar-refractivity contribution in [3.8, 4) is 0 Å². The molecule has 0 saturated carbocycles. The summed E-state index contributed by atoms with van der Waals surface area (Å²) in [5.41, 5.74) is 0.601. The van der Waals surface area contributed by atoms with Crippen LogP contribution in [0, 0.1) is 0 Å². The molecule has 108 valence electrons. The minimum absolute atomic E-state index is 0.0420. The van der Waals surface area contributed by atoms with E-state index >= 15 is 0 Å². The number of aryl methyl sites for hydroxylation is 1. The number of phosphoric ester groups is 1. The molecule has 1 atom stereocenters. The number of aromatic nitrogens is 2. The fraction of sp³-hybridized carbons (Fsp3) is 0.600. The van der Waals surface area contributed by atoms with Crippen molar-refractivity contribution in [2.45, 2.75) is 33.4 Å². The van der Waals surface area contributed by atoms with Crippen molar-refractivity contribution in [2.75, 3.05) is 6.61 Å². The third kappa shape index (κ3) is 4.43. The zero-order valence-corrected chi connectivity index (χ0v) is 11.8. The number of rotatable bonds is 6. The topological polar surface area (TPSA) is 111 Å². The highest BCUT2D eigenvalue weighted by atomic mass is 31.2. The van der Waals surface area contributed by atoms with Gasteiger partial charge in [-0.2, -0.15) is 0 Å². The molecule has 0 aromatic carbocycles. The van der Waals surface area contributed by atoms with Crippen LogP contribution in [-0.2, 0) is 20.2 Å². The zero-order valence-electron chi connectivity index (χ0n) is 10.9. The molecule has 0 saturated heterocycles. The Morgan fingerprint density at radius 3 is 2.63 bits per heavy atom. The van der Waals surface area contributed by atoms with Crippen LogP contribution >= 0.6 is 7.82 Å². The lowest BCUT2D eigenvalue weighted by Crippen LogP contribution is -2.17. The Kier molecular flexibility index (Phi) is 5.25. The predicted octanol–water partition coefficient (Wildman–Crippen LogP) is 1.25. The van der Waals surface area contributed by atoms with Crippen LogP contribution in [0.25, 0.3) is 0 Å². The van der Waals surface area contributed by atoms with Gasteiger partial charge in [-0.15, -0.1) is 0 Å². The summed E-state index contributed by atoms with van der Waals surface area (Å²) in [5, 5.41) is 0. The van der Waals surface area contributed by atoms with E-state index in [2.05, 4.69) is 9.51 Å². The molecule has 0 amide bonds. The number of carbonyl (C=O) groups excluding carboxylic acids is 1. The van der Waals surface area contributed by atoms with E-state index in [1.165, 1.54) is 17.7 Å². The molecule has 0 aliphatic carbocycles. The van der Waals surface area contributed by atoms with Crippen LogP contribution in [0.2, 0.25) is 0 Å². The maximum absolute atomic E-state index is 11.7. The summed E-state index contributed by atoms with van der Waals surface area (Å²) in [6, 6.07) is 0. The van der Waals surface area contributed by atoms with Crippen LogP contribution in [-0.4, -0.2) is 31.9 Å². The molecule has 0 aliphatic rings. The molecule has 0 aliphatic heterocycles. The minimum atomic E-state index is -4.65. The van der Waals surface area contributed by atoms with Crippen LogP contribution in [0.4, 0.5) is 0 Å². The smallest absolute Gasteiger partial charge is 0.460 e. The number of hydrogen-bond donors (Lipinski definition) is 2. The number of nitrogens with zero attached hydrogens (tertiary/aromatic N) is 2. The first kappa shape index (κ1) is 15.8. The largest absolute Gasteiger partial charge is 0.471 e. The Hall–Kier alpha value is -1.21. The Labute approximate surface area is 110 Å². The first-order valence-electron chi connectivity index (χ1n) is 5.77. The average Bonchev–Trinajstić information content (AvgIpc) is 2.71. The van der Waals surface area contributed by atoms with Gasteiger partial charge in [-0.1, -0.05) is 6.92 Å². The number of ether oxygens (including phenoxy) is 1. The molecule has 1 rings (SSSR count). The summed E-state index contributed by atoms with van der Waals surface area (Å²) in [4.78, 5) is 33.3. The van der Waals surface area contributed by atoms with Gasteiger partial charge in [0.2, 0.25) is 5.82 Å². The van der Waals surface area contributed by atoms with E-state index in [0.29, 0.717) is 12.1 Å². The van der Waals surface area contributed by atoms with E-state index in [4.69, 9.17) is 14.5 Å². The molecule has 0 spiro atoms. The van der Waals surface area contributed by atoms with E-state index in [1.54, 1.807) is 6.92 Å². The lowest BCUT2D eigenvalue weighted by atomic mass is 10.4. The van der Waals surface area contributed by atoms with Gasteiger partial charge in [0, 0.05) is 6.20 Å². The lowest BCUT2D eigenvalue weighted by molar-refractivity contribution is 0.0465. The Morgan fingerprint density at radius 1 is 1.53 bits per heavy atom. The molecular formula is C10H17N2O6P. The fourth-order valence-electron chi connectivity index (χ4n) is 1.49. The maximum atomic E-state index is 11.7. The number of phosphoric acid groups is 1. The highest BCUT2D eigenvalue weighted by Gasteiger charge is 2.25. The van der Waals surface area contributed by atoms with Gasteiger partial charge in [0.05, 0.1) is 12.3 Å². The first-order valence-corrected chi connectivity index (χ1v) is 7.30. The van der Waals surface area contributed by atoms with Gasteiger partial charge in [0.25, 0.3) is 0 Å². The normalized spacial score (nSPS) is 13.3. The second-order valence-corrected chi connectivity index (χ2v) is 4.92. The Morgan fingerprint density at radius 2 is 2.16 bits per heavy atom. The van der Waals surface area contributed by atoms with Gasteiger partial charge in [0.15, 0.2) is 0 Å². The molecule has 0 fully saturated rings. The second kappa shape index (κ2) is 6.29. The molecule has 1 aromatic rings. The van der Waals surface area contributed by atoms with Crippen molar-refractivity contribution < 1.29 is 28.4 Å². The molecule has 1 heterocycles. The number of carbonyl (C=O) groups is 1. The summed E-state index contributed by atoms with van der Waals surface area (Å²) >= 11 is 0. The molecule has 19 heavy (non-hydrogen) atoms. The van der Waals surface area contributed by atoms with Crippen molar-refractivity contribution in [3.05, 3.63) is 17.7 Å². The highest BCUT2D eigenvalue weighted by molar-refractivity contribution is 7.46. The average molecular weight is 292 g/mol. The quantitative estimate of drug-likeness (QED) is 0.599.